The molecule has 25 heavy (non-hydrogen) atoms. The van der Waals surface area contributed by atoms with Gasteiger partial charge in [0.15, 0.2) is 0 Å². The first kappa shape index (κ1) is 19.7. The zero-order valence-corrected chi connectivity index (χ0v) is 15.7. The molecular weight excluding hydrogens is 342 g/mol. The highest BCUT2D eigenvalue weighted by Gasteiger charge is 2.35. The molecule has 7 nitrogen and oxygen atoms in total. The molecule has 1 aliphatic carbocycles. The van der Waals surface area contributed by atoms with E-state index in [1.165, 1.54) is 12.5 Å². The minimum Gasteiger partial charge on any atom is -0.369 e. The summed E-state index contributed by atoms with van der Waals surface area (Å²) in [5.41, 5.74) is 6.02. The number of carbonyl (C=O) groups is 1. The molecule has 8 heteroatoms. The zero-order chi connectivity index (χ0) is 17.3. The highest BCUT2D eigenvalue weighted by molar-refractivity contribution is 5.85. The number of nitrogens with zero attached hydrogens (tertiary/aromatic N) is 3. The van der Waals surface area contributed by atoms with Gasteiger partial charge in [0.25, 0.3) is 5.56 Å². The third kappa shape index (κ3) is 4.73. The molecule has 0 spiro atoms. The largest absolute Gasteiger partial charge is 0.369 e. The number of H-pyrrole nitrogens is 1. The highest BCUT2D eigenvalue weighted by Crippen LogP contribution is 2.32. The van der Waals surface area contributed by atoms with Crippen molar-refractivity contribution in [2.45, 2.75) is 45.2 Å². The van der Waals surface area contributed by atoms with Gasteiger partial charge < -0.3 is 10.6 Å². The van der Waals surface area contributed by atoms with Gasteiger partial charge in [-0.05, 0) is 38.6 Å². The molecule has 1 amide bonds. The van der Waals surface area contributed by atoms with Crippen molar-refractivity contribution in [2.75, 3.05) is 25.9 Å². The minimum absolute atomic E-state index is 0. The average molecular weight is 370 g/mol. The van der Waals surface area contributed by atoms with Crippen LogP contribution in [0.2, 0.25) is 0 Å². The fourth-order valence-corrected chi connectivity index (χ4v) is 3.99. The van der Waals surface area contributed by atoms with Crippen LogP contribution in [0.3, 0.4) is 0 Å². The van der Waals surface area contributed by atoms with Gasteiger partial charge in [-0.1, -0.05) is 6.92 Å². The smallest absolute Gasteiger partial charge is 0.252 e. The first-order chi connectivity index (χ1) is 11.4. The molecule has 0 bridgehead atoms. The fourth-order valence-electron chi connectivity index (χ4n) is 3.99. The van der Waals surface area contributed by atoms with E-state index in [4.69, 9.17) is 5.73 Å². The Morgan fingerprint density at radius 3 is 2.84 bits per heavy atom. The second-order valence-electron chi connectivity index (χ2n) is 7.38. The summed E-state index contributed by atoms with van der Waals surface area (Å²) in [5, 5.41) is 0. The molecule has 1 saturated carbocycles. The van der Waals surface area contributed by atoms with Crippen molar-refractivity contribution >= 4 is 24.3 Å². The minimum atomic E-state index is -0.232. The van der Waals surface area contributed by atoms with Crippen LogP contribution in [0, 0.1) is 11.8 Å². The van der Waals surface area contributed by atoms with Crippen molar-refractivity contribution in [2.24, 2.45) is 11.8 Å². The van der Waals surface area contributed by atoms with Crippen molar-refractivity contribution in [1.29, 1.82) is 0 Å². The summed E-state index contributed by atoms with van der Waals surface area (Å²) in [6.07, 6.45) is 4.20. The van der Waals surface area contributed by atoms with Crippen LogP contribution in [0.1, 0.15) is 38.3 Å². The van der Waals surface area contributed by atoms with Gasteiger partial charge in [-0.15, -0.1) is 12.4 Å². The van der Waals surface area contributed by atoms with Crippen LogP contribution >= 0.6 is 12.4 Å². The maximum Gasteiger partial charge on any atom is 0.252 e. The van der Waals surface area contributed by atoms with Crippen LogP contribution in [-0.2, 0) is 11.3 Å². The fraction of sp³-hybridized carbons (Fsp3) is 0.706. The van der Waals surface area contributed by atoms with E-state index < -0.39 is 0 Å². The van der Waals surface area contributed by atoms with Gasteiger partial charge in [0, 0.05) is 37.7 Å². The van der Waals surface area contributed by atoms with Crippen LogP contribution in [0.15, 0.2) is 10.9 Å². The third-order valence-electron chi connectivity index (χ3n) is 5.37. The molecule has 0 aromatic carbocycles. The van der Waals surface area contributed by atoms with Crippen LogP contribution in [0.5, 0.6) is 0 Å². The Morgan fingerprint density at radius 1 is 1.44 bits per heavy atom. The lowest BCUT2D eigenvalue weighted by Crippen LogP contribution is -2.38. The summed E-state index contributed by atoms with van der Waals surface area (Å²) in [4.78, 5) is 34.9. The number of amides is 1. The standard InChI is InChI=1S/C17H27N5O2.ClH/c1-11-3-4-12(7-11)16(24)22-6-5-14(10-22)21(2)9-13-8-15(23)20-17(18)19-13;/h8,11-12,14H,3-7,9-10H2,1-2H3,(H3,18,19,20,23);1H. The molecule has 3 N–H and O–H groups in total. The second kappa shape index (κ2) is 8.19. The topological polar surface area (TPSA) is 95.3 Å². The number of hydrogen-bond acceptors (Lipinski definition) is 5. The number of nitrogen functional groups attached to an aromatic ring is 1. The molecule has 1 aliphatic heterocycles. The predicted molar refractivity (Wildman–Crippen MR) is 99.5 cm³/mol. The second-order valence-corrected chi connectivity index (χ2v) is 7.38. The monoisotopic (exact) mass is 369 g/mol. The molecular formula is C17H28ClN5O2. The van der Waals surface area contributed by atoms with E-state index >= 15 is 0 Å². The summed E-state index contributed by atoms with van der Waals surface area (Å²) in [6.45, 7) is 4.37. The van der Waals surface area contributed by atoms with E-state index in [1.807, 2.05) is 11.9 Å². The van der Waals surface area contributed by atoms with E-state index in [-0.39, 0.29) is 29.8 Å². The van der Waals surface area contributed by atoms with Gasteiger partial charge in [-0.2, -0.15) is 0 Å². The number of aromatic nitrogens is 2. The Kier molecular flexibility index (Phi) is 6.46. The molecule has 1 saturated heterocycles. The molecule has 2 aliphatic rings. The molecule has 2 heterocycles. The van der Waals surface area contributed by atoms with Crippen molar-refractivity contribution in [1.82, 2.24) is 19.8 Å². The highest BCUT2D eigenvalue weighted by atomic mass is 35.5. The number of likely N-dealkylation sites (N-methyl/N-ethyl adjacent to an activating group) is 1. The van der Waals surface area contributed by atoms with Gasteiger partial charge in [0.2, 0.25) is 11.9 Å². The quantitative estimate of drug-likeness (QED) is 0.832. The molecule has 1 aromatic rings. The Hall–Kier alpha value is -1.60. The first-order valence-corrected chi connectivity index (χ1v) is 8.77. The molecule has 3 unspecified atom stereocenters. The van der Waals surface area contributed by atoms with Gasteiger partial charge in [-0.3, -0.25) is 19.5 Å². The normalized spacial score (nSPS) is 26.0. The van der Waals surface area contributed by atoms with E-state index in [1.54, 1.807) is 0 Å². The van der Waals surface area contributed by atoms with Crippen molar-refractivity contribution in [3.63, 3.8) is 0 Å². The number of halogens is 1. The zero-order valence-electron chi connectivity index (χ0n) is 14.9. The van der Waals surface area contributed by atoms with Crippen LogP contribution in [0.25, 0.3) is 0 Å². The predicted octanol–water partition coefficient (Wildman–Crippen LogP) is 1.24. The van der Waals surface area contributed by atoms with Crippen molar-refractivity contribution in [3.05, 3.63) is 22.1 Å². The molecule has 1 aromatic heterocycles. The number of likely N-dealkylation sites (tertiary alicyclic amines) is 1. The summed E-state index contributed by atoms with van der Waals surface area (Å²) in [5.74, 6) is 1.36. The summed E-state index contributed by atoms with van der Waals surface area (Å²) in [6, 6.07) is 1.78. The van der Waals surface area contributed by atoms with Crippen molar-refractivity contribution < 1.29 is 4.79 Å². The Labute approximate surface area is 154 Å². The maximum absolute atomic E-state index is 12.6. The van der Waals surface area contributed by atoms with E-state index in [0.29, 0.717) is 30.1 Å². The number of carbonyl (C=O) groups excluding carboxylic acids is 1. The average Bonchev–Trinajstić information content (AvgIpc) is 3.14. The van der Waals surface area contributed by atoms with Crippen molar-refractivity contribution in [3.8, 4) is 0 Å². The van der Waals surface area contributed by atoms with E-state index in [2.05, 4.69) is 21.8 Å². The number of nitrogens with one attached hydrogen (secondary N) is 1. The third-order valence-corrected chi connectivity index (χ3v) is 5.37. The lowest BCUT2D eigenvalue weighted by molar-refractivity contribution is -0.134. The Morgan fingerprint density at radius 2 is 2.20 bits per heavy atom. The van der Waals surface area contributed by atoms with Gasteiger partial charge in [0.05, 0.1) is 5.69 Å². The number of anilines is 1. The lowest BCUT2D eigenvalue weighted by atomic mass is 10.1. The first-order valence-electron chi connectivity index (χ1n) is 8.77. The Balaban J connectivity index is 0.00000225. The van der Waals surface area contributed by atoms with Gasteiger partial charge >= 0.3 is 0 Å². The molecule has 3 atom stereocenters. The summed E-state index contributed by atoms with van der Waals surface area (Å²) < 4.78 is 0. The van der Waals surface area contributed by atoms with Crippen LogP contribution in [-0.4, -0.2) is 51.9 Å². The summed E-state index contributed by atoms with van der Waals surface area (Å²) >= 11 is 0. The molecule has 3 rings (SSSR count). The summed E-state index contributed by atoms with van der Waals surface area (Å²) in [7, 11) is 2.01. The number of nitrogens with two attached hydrogens (primary N) is 1. The number of hydrogen-bond donors (Lipinski definition) is 2. The van der Waals surface area contributed by atoms with E-state index in [0.717, 1.165) is 32.4 Å². The maximum atomic E-state index is 12.6. The number of rotatable bonds is 4. The van der Waals surface area contributed by atoms with Crippen LogP contribution in [0.4, 0.5) is 5.95 Å². The van der Waals surface area contributed by atoms with Crippen LogP contribution < -0.4 is 11.3 Å². The molecule has 2 fully saturated rings. The molecule has 0 radical (unpaired) electrons. The number of aromatic amines is 1. The van der Waals surface area contributed by atoms with E-state index in [9.17, 15) is 9.59 Å². The van der Waals surface area contributed by atoms with Gasteiger partial charge in [-0.25, -0.2) is 4.98 Å². The molecule has 140 valence electrons. The Bertz CT molecular complexity index is 665. The lowest BCUT2D eigenvalue weighted by Gasteiger charge is -2.25. The van der Waals surface area contributed by atoms with Gasteiger partial charge in [0.1, 0.15) is 0 Å². The SMILES string of the molecule is CC1CCC(C(=O)N2CCC(N(C)Cc3cc(=O)[nH]c(N)n3)C2)C1.Cl.